The van der Waals surface area contributed by atoms with E-state index in [0.29, 0.717) is 5.56 Å². The predicted octanol–water partition coefficient (Wildman–Crippen LogP) is 0.844. The molecule has 15 heavy (non-hydrogen) atoms. The fourth-order valence-electron chi connectivity index (χ4n) is 1.01. The molecule has 5 heteroatoms. The number of carbonyl (C=O) groups is 1. The van der Waals surface area contributed by atoms with Crippen molar-refractivity contribution in [3.8, 4) is 0 Å². The molecule has 1 aromatic rings. The molecule has 0 saturated heterocycles. The van der Waals surface area contributed by atoms with E-state index in [1.165, 1.54) is 6.92 Å². The zero-order valence-corrected chi connectivity index (χ0v) is 8.30. The van der Waals surface area contributed by atoms with Crippen LogP contribution in [0.2, 0.25) is 0 Å². The first-order chi connectivity index (χ1) is 7.13. The minimum Gasteiger partial charge on any atom is -0.461 e. The normalized spacial score (nSPS) is 11.1. The zero-order valence-electron chi connectivity index (χ0n) is 8.30. The van der Waals surface area contributed by atoms with E-state index in [1.807, 2.05) is 0 Å². The molecule has 1 rings (SSSR count). The quantitative estimate of drug-likeness (QED) is 0.253. The van der Waals surface area contributed by atoms with Crippen molar-refractivity contribution in [2.45, 2.75) is 13.5 Å². The Labute approximate surface area is 87.1 Å². The number of benzene rings is 1. The number of hydrogen-bond acceptors (Lipinski definition) is 4. The fourth-order valence-corrected chi connectivity index (χ4v) is 1.01. The van der Waals surface area contributed by atoms with Crippen LogP contribution in [0.3, 0.4) is 0 Å². The molecular formula is C10H12N2O3. The van der Waals surface area contributed by atoms with Crippen molar-refractivity contribution >= 4 is 11.8 Å². The second-order valence-electron chi connectivity index (χ2n) is 2.96. The molecule has 5 nitrogen and oxygen atoms in total. The molecule has 80 valence electrons. The largest absolute Gasteiger partial charge is 0.461 e. The van der Waals surface area contributed by atoms with Gasteiger partial charge < -0.3 is 15.7 Å². The van der Waals surface area contributed by atoms with Crippen molar-refractivity contribution in [1.82, 2.24) is 0 Å². The van der Waals surface area contributed by atoms with Gasteiger partial charge in [-0.25, -0.2) is 0 Å². The first-order valence-corrected chi connectivity index (χ1v) is 4.33. The monoisotopic (exact) mass is 208 g/mol. The average molecular weight is 208 g/mol. The zero-order chi connectivity index (χ0) is 11.3. The summed E-state index contributed by atoms with van der Waals surface area (Å²) in [5.41, 5.74) is 6.84. The van der Waals surface area contributed by atoms with E-state index in [1.54, 1.807) is 24.3 Å². The number of nitrogens with two attached hydrogens (primary N) is 1. The topological polar surface area (TPSA) is 84.9 Å². The first-order valence-electron chi connectivity index (χ1n) is 4.33. The molecular weight excluding hydrogens is 196 g/mol. The maximum Gasteiger partial charge on any atom is 0.302 e. The van der Waals surface area contributed by atoms with E-state index < -0.39 is 0 Å². The molecule has 1 aromatic carbocycles. The Morgan fingerprint density at radius 2 is 2.07 bits per heavy atom. The molecule has 0 aliphatic heterocycles. The average Bonchev–Trinajstić information content (AvgIpc) is 2.26. The number of amidine groups is 1. The molecule has 0 saturated carbocycles. The van der Waals surface area contributed by atoms with E-state index in [4.69, 9.17) is 15.7 Å². The third-order valence-electron chi connectivity index (χ3n) is 1.80. The molecule has 0 bridgehead atoms. The standard InChI is InChI=1S/C10H12N2O3/c1-7(13)15-6-8-2-4-9(5-3-8)10(11)12-14/h2-5,14H,6H2,1H3,(H2,11,12). The van der Waals surface area contributed by atoms with Gasteiger partial charge in [0.1, 0.15) is 6.61 Å². The van der Waals surface area contributed by atoms with Crippen LogP contribution in [-0.4, -0.2) is 17.0 Å². The predicted molar refractivity (Wildman–Crippen MR) is 54.4 cm³/mol. The molecule has 0 aliphatic carbocycles. The minimum absolute atomic E-state index is 0.0500. The van der Waals surface area contributed by atoms with E-state index in [0.717, 1.165) is 5.56 Å². The van der Waals surface area contributed by atoms with Crippen LogP contribution in [0, 0.1) is 0 Å². The van der Waals surface area contributed by atoms with Crippen LogP contribution in [0.4, 0.5) is 0 Å². The van der Waals surface area contributed by atoms with Gasteiger partial charge in [-0.15, -0.1) is 0 Å². The molecule has 0 aliphatic rings. The lowest BCUT2D eigenvalue weighted by molar-refractivity contribution is -0.142. The van der Waals surface area contributed by atoms with Gasteiger partial charge in [0.25, 0.3) is 0 Å². The Balaban J connectivity index is 2.68. The first kappa shape index (κ1) is 11.0. The van der Waals surface area contributed by atoms with Crippen molar-refractivity contribution in [3.63, 3.8) is 0 Å². The summed E-state index contributed by atoms with van der Waals surface area (Å²) >= 11 is 0. The number of ether oxygens (including phenoxy) is 1. The van der Waals surface area contributed by atoms with E-state index in [-0.39, 0.29) is 18.4 Å². The summed E-state index contributed by atoms with van der Waals surface area (Å²) in [4.78, 5) is 10.5. The fraction of sp³-hybridized carbons (Fsp3) is 0.200. The maximum atomic E-state index is 10.5. The highest BCUT2D eigenvalue weighted by atomic mass is 16.5. The summed E-state index contributed by atoms with van der Waals surface area (Å²) in [6, 6.07) is 6.87. The Kier molecular flexibility index (Phi) is 3.68. The molecule has 0 radical (unpaired) electrons. The summed E-state index contributed by atoms with van der Waals surface area (Å²) in [5.74, 6) is -0.274. The second-order valence-corrected chi connectivity index (χ2v) is 2.96. The van der Waals surface area contributed by atoms with Gasteiger partial charge in [-0.05, 0) is 5.56 Å². The van der Waals surface area contributed by atoms with E-state index >= 15 is 0 Å². The Bertz CT molecular complexity index is 371. The van der Waals surface area contributed by atoms with Crippen LogP contribution in [0.15, 0.2) is 29.4 Å². The van der Waals surface area contributed by atoms with Crippen LogP contribution in [0.5, 0.6) is 0 Å². The summed E-state index contributed by atoms with van der Waals surface area (Å²) in [6.07, 6.45) is 0. The van der Waals surface area contributed by atoms with Crippen LogP contribution >= 0.6 is 0 Å². The Hall–Kier alpha value is -2.04. The van der Waals surface area contributed by atoms with Crippen molar-refractivity contribution in [3.05, 3.63) is 35.4 Å². The number of oxime groups is 1. The minimum atomic E-state index is -0.324. The lowest BCUT2D eigenvalue weighted by atomic mass is 10.1. The van der Waals surface area contributed by atoms with Crippen LogP contribution < -0.4 is 5.73 Å². The molecule has 0 atom stereocenters. The van der Waals surface area contributed by atoms with Gasteiger partial charge in [0.2, 0.25) is 0 Å². The van der Waals surface area contributed by atoms with Crippen LogP contribution in [0.25, 0.3) is 0 Å². The van der Waals surface area contributed by atoms with Gasteiger partial charge in [0.15, 0.2) is 5.84 Å². The lowest BCUT2D eigenvalue weighted by Gasteiger charge is -2.03. The molecule has 0 amide bonds. The SMILES string of the molecule is CC(=O)OCc1ccc(/C(N)=N\O)cc1. The highest BCUT2D eigenvalue weighted by Crippen LogP contribution is 2.05. The van der Waals surface area contributed by atoms with Gasteiger partial charge in [-0.1, -0.05) is 29.4 Å². The third-order valence-corrected chi connectivity index (χ3v) is 1.80. The summed E-state index contributed by atoms with van der Waals surface area (Å²) in [7, 11) is 0. The Morgan fingerprint density at radius 3 is 2.53 bits per heavy atom. The molecule has 0 fully saturated rings. The Morgan fingerprint density at radius 1 is 1.47 bits per heavy atom. The number of esters is 1. The summed E-state index contributed by atoms with van der Waals surface area (Å²) < 4.78 is 4.80. The van der Waals surface area contributed by atoms with Crippen LogP contribution in [0.1, 0.15) is 18.1 Å². The van der Waals surface area contributed by atoms with Crippen LogP contribution in [-0.2, 0) is 16.1 Å². The summed E-state index contributed by atoms with van der Waals surface area (Å²) in [6.45, 7) is 1.58. The molecule has 0 spiro atoms. The van der Waals surface area contributed by atoms with Gasteiger partial charge in [-0.3, -0.25) is 4.79 Å². The number of hydrogen-bond donors (Lipinski definition) is 2. The molecule has 0 unspecified atom stereocenters. The van der Waals surface area contributed by atoms with Crippen molar-refractivity contribution in [1.29, 1.82) is 0 Å². The molecule has 3 N–H and O–H groups in total. The van der Waals surface area contributed by atoms with Gasteiger partial charge in [0.05, 0.1) is 0 Å². The van der Waals surface area contributed by atoms with E-state index in [9.17, 15) is 4.79 Å². The lowest BCUT2D eigenvalue weighted by Crippen LogP contribution is -2.12. The van der Waals surface area contributed by atoms with Gasteiger partial charge >= 0.3 is 5.97 Å². The third kappa shape index (κ3) is 3.30. The number of carbonyl (C=O) groups excluding carboxylic acids is 1. The highest BCUT2D eigenvalue weighted by Gasteiger charge is 2.00. The van der Waals surface area contributed by atoms with Gasteiger partial charge in [0, 0.05) is 12.5 Å². The highest BCUT2D eigenvalue weighted by molar-refractivity contribution is 5.96. The van der Waals surface area contributed by atoms with Crippen molar-refractivity contribution in [2.75, 3.05) is 0 Å². The number of rotatable bonds is 3. The van der Waals surface area contributed by atoms with Gasteiger partial charge in [-0.2, -0.15) is 0 Å². The second kappa shape index (κ2) is 4.99. The molecule has 0 heterocycles. The van der Waals surface area contributed by atoms with Crippen molar-refractivity contribution < 1.29 is 14.7 Å². The summed E-state index contributed by atoms with van der Waals surface area (Å²) in [5, 5.41) is 11.3. The number of nitrogens with zero attached hydrogens (tertiary/aromatic N) is 1. The smallest absolute Gasteiger partial charge is 0.302 e. The van der Waals surface area contributed by atoms with E-state index in [2.05, 4.69) is 5.16 Å². The van der Waals surface area contributed by atoms with Crippen molar-refractivity contribution in [2.24, 2.45) is 10.9 Å². The molecule has 0 aromatic heterocycles. The maximum absolute atomic E-state index is 10.5.